The molecule has 1 unspecified atom stereocenters. The molecule has 2 heterocycles. The Morgan fingerprint density at radius 1 is 1.32 bits per heavy atom. The van der Waals surface area contributed by atoms with Crippen molar-refractivity contribution in [1.82, 2.24) is 9.97 Å². The van der Waals surface area contributed by atoms with Gasteiger partial charge in [0.05, 0.1) is 16.5 Å². The Bertz CT molecular complexity index is 907. The Morgan fingerprint density at radius 2 is 2.08 bits per heavy atom. The van der Waals surface area contributed by atoms with Crippen LogP contribution in [0.2, 0.25) is 5.02 Å². The molecule has 1 fully saturated rings. The fourth-order valence-corrected chi connectivity index (χ4v) is 4.71. The van der Waals surface area contributed by atoms with Gasteiger partial charge in [-0.1, -0.05) is 11.6 Å². The van der Waals surface area contributed by atoms with E-state index in [1.54, 1.807) is 12.1 Å². The number of halogens is 2. The number of anilines is 3. The van der Waals surface area contributed by atoms with E-state index >= 15 is 0 Å². The van der Waals surface area contributed by atoms with E-state index in [2.05, 4.69) is 15.3 Å². The van der Waals surface area contributed by atoms with Gasteiger partial charge in [0.25, 0.3) is 0 Å². The maximum absolute atomic E-state index is 13.3. The summed E-state index contributed by atoms with van der Waals surface area (Å²) in [5, 5.41) is 3.00. The zero-order valence-electron chi connectivity index (χ0n) is 13.8. The average Bonchev–Trinajstić information content (AvgIpc) is 2.90. The molecule has 1 aliphatic rings. The molecule has 0 saturated carbocycles. The molecule has 3 rings (SSSR count). The number of hydrogen-bond acceptors (Lipinski definition) is 6. The number of hydrogen-bond donors (Lipinski definition) is 1. The minimum Gasteiger partial charge on any atom is -0.355 e. The summed E-state index contributed by atoms with van der Waals surface area (Å²) in [6, 6.07) is 5.95. The lowest BCUT2D eigenvalue weighted by molar-refractivity contribution is 0.600. The molecule has 9 heteroatoms. The molecule has 0 radical (unpaired) electrons. The molecular formula is C16H18ClFN4O2S. The summed E-state index contributed by atoms with van der Waals surface area (Å²) in [7, 11) is -1.15. The van der Waals surface area contributed by atoms with Gasteiger partial charge in [-0.3, -0.25) is 0 Å². The van der Waals surface area contributed by atoms with Crippen LogP contribution in [0.1, 0.15) is 12.1 Å². The highest BCUT2D eigenvalue weighted by Crippen LogP contribution is 2.25. The van der Waals surface area contributed by atoms with Gasteiger partial charge in [-0.05, 0) is 31.5 Å². The first-order valence-electron chi connectivity index (χ1n) is 7.74. The third-order valence-electron chi connectivity index (χ3n) is 4.13. The molecule has 0 spiro atoms. The highest BCUT2D eigenvalue weighted by molar-refractivity contribution is 7.91. The molecule has 134 valence electrons. The van der Waals surface area contributed by atoms with Gasteiger partial charge >= 0.3 is 0 Å². The highest BCUT2D eigenvalue weighted by Gasteiger charge is 2.31. The van der Waals surface area contributed by atoms with Gasteiger partial charge in [-0.25, -0.2) is 17.8 Å². The van der Waals surface area contributed by atoms with Crippen LogP contribution in [0, 0.1) is 12.7 Å². The summed E-state index contributed by atoms with van der Waals surface area (Å²) in [5.41, 5.74) is 1.29. The minimum atomic E-state index is -2.98. The molecule has 6 nitrogen and oxygen atoms in total. The first kappa shape index (κ1) is 17.9. The van der Waals surface area contributed by atoms with Crippen molar-refractivity contribution in [2.24, 2.45) is 0 Å². The van der Waals surface area contributed by atoms with E-state index in [-0.39, 0.29) is 22.6 Å². The number of nitrogens with one attached hydrogen (secondary N) is 1. The highest BCUT2D eigenvalue weighted by atomic mass is 35.5. The number of rotatable bonds is 4. The maximum Gasteiger partial charge on any atom is 0.229 e. The molecule has 1 atom stereocenters. The van der Waals surface area contributed by atoms with Crippen LogP contribution in [-0.4, -0.2) is 43.0 Å². The van der Waals surface area contributed by atoms with Crippen LogP contribution >= 0.6 is 11.6 Å². The molecule has 1 saturated heterocycles. The van der Waals surface area contributed by atoms with Gasteiger partial charge in [-0.15, -0.1) is 0 Å². The van der Waals surface area contributed by atoms with Crippen LogP contribution in [0.15, 0.2) is 24.3 Å². The monoisotopic (exact) mass is 384 g/mol. The summed E-state index contributed by atoms with van der Waals surface area (Å²) >= 11 is 5.78. The SMILES string of the molecule is Cc1cc(N(C)C2CCS(=O)(=O)C2)nc(Nc2ccc(F)c(Cl)c2)n1. The Kier molecular flexibility index (Phi) is 4.83. The van der Waals surface area contributed by atoms with E-state index in [9.17, 15) is 12.8 Å². The van der Waals surface area contributed by atoms with E-state index in [1.807, 2.05) is 18.9 Å². The number of benzene rings is 1. The first-order chi connectivity index (χ1) is 11.7. The van der Waals surface area contributed by atoms with Gasteiger partial charge in [-0.2, -0.15) is 4.98 Å². The third kappa shape index (κ3) is 4.19. The van der Waals surface area contributed by atoms with Crippen molar-refractivity contribution in [3.63, 3.8) is 0 Å². The first-order valence-corrected chi connectivity index (χ1v) is 9.94. The average molecular weight is 385 g/mol. The van der Waals surface area contributed by atoms with Crippen molar-refractivity contribution >= 4 is 38.9 Å². The van der Waals surface area contributed by atoms with E-state index in [4.69, 9.17) is 11.6 Å². The fraction of sp³-hybridized carbons (Fsp3) is 0.375. The summed E-state index contributed by atoms with van der Waals surface area (Å²) in [5.74, 6) is 0.796. The van der Waals surface area contributed by atoms with Crippen LogP contribution in [0.3, 0.4) is 0 Å². The van der Waals surface area contributed by atoms with Crippen LogP contribution in [-0.2, 0) is 9.84 Å². The van der Waals surface area contributed by atoms with Gasteiger partial charge in [0.2, 0.25) is 5.95 Å². The summed E-state index contributed by atoms with van der Waals surface area (Å²) in [4.78, 5) is 10.6. The summed E-state index contributed by atoms with van der Waals surface area (Å²) in [6.45, 7) is 1.83. The second-order valence-electron chi connectivity index (χ2n) is 6.11. The van der Waals surface area contributed by atoms with E-state index in [0.717, 1.165) is 5.69 Å². The molecule has 1 N–H and O–H groups in total. The molecule has 0 aliphatic carbocycles. The Hall–Kier alpha value is -1.93. The molecule has 1 aliphatic heterocycles. The second kappa shape index (κ2) is 6.76. The lowest BCUT2D eigenvalue weighted by Gasteiger charge is -2.25. The Labute approximate surface area is 151 Å². The number of nitrogens with zero attached hydrogens (tertiary/aromatic N) is 3. The van der Waals surface area contributed by atoms with Gasteiger partial charge in [0.15, 0.2) is 9.84 Å². The number of aryl methyl sites for hydroxylation is 1. The largest absolute Gasteiger partial charge is 0.355 e. The lowest BCUT2D eigenvalue weighted by Crippen LogP contribution is -2.33. The molecular weight excluding hydrogens is 367 g/mol. The van der Waals surface area contributed by atoms with Crippen molar-refractivity contribution in [3.8, 4) is 0 Å². The molecule has 0 amide bonds. The standard InChI is InChI=1S/C16H18ClFN4O2S/c1-10-7-15(22(2)12-5-6-25(23,24)9-12)21-16(19-10)20-11-3-4-14(18)13(17)8-11/h3-4,7-8,12H,5-6,9H2,1-2H3,(H,19,20,21). The number of sulfone groups is 1. The van der Waals surface area contributed by atoms with Gasteiger partial charge < -0.3 is 10.2 Å². The van der Waals surface area contributed by atoms with Crippen molar-refractivity contribution < 1.29 is 12.8 Å². The van der Waals surface area contributed by atoms with E-state index in [0.29, 0.717) is 23.9 Å². The van der Waals surface area contributed by atoms with E-state index in [1.165, 1.54) is 12.1 Å². The predicted molar refractivity (Wildman–Crippen MR) is 96.9 cm³/mol. The van der Waals surface area contributed by atoms with Crippen LogP contribution in [0.25, 0.3) is 0 Å². The molecule has 1 aromatic heterocycles. The predicted octanol–water partition coefficient (Wildman–Crippen LogP) is 2.94. The topological polar surface area (TPSA) is 75.2 Å². The van der Waals surface area contributed by atoms with Crippen LogP contribution in [0.4, 0.5) is 21.8 Å². The van der Waals surface area contributed by atoms with Gasteiger partial charge in [0, 0.05) is 30.5 Å². The smallest absolute Gasteiger partial charge is 0.229 e. The molecule has 0 bridgehead atoms. The summed E-state index contributed by atoms with van der Waals surface area (Å²) in [6.07, 6.45) is 0.582. The number of aromatic nitrogens is 2. The summed E-state index contributed by atoms with van der Waals surface area (Å²) < 4.78 is 36.7. The fourth-order valence-electron chi connectivity index (χ4n) is 2.76. The molecule has 25 heavy (non-hydrogen) atoms. The van der Waals surface area contributed by atoms with Crippen molar-refractivity contribution in [2.75, 3.05) is 28.8 Å². The van der Waals surface area contributed by atoms with Crippen molar-refractivity contribution in [1.29, 1.82) is 0 Å². The molecule has 2 aromatic rings. The van der Waals surface area contributed by atoms with Crippen molar-refractivity contribution in [3.05, 3.63) is 40.8 Å². The third-order valence-corrected chi connectivity index (χ3v) is 6.17. The van der Waals surface area contributed by atoms with Crippen molar-refractivity contribution in [2.45, 2.75) is 19.4 Å². The Morgan fingerprint density at radius 3 is 2.72 bits per heavy atom. The molecule has 1 aromatic carbocycles. The normalized spacial score (nSPS) is 19.0. The lowest BCUT2D eigenvalue weighted by atomic mass is 10.2. The Balaban J connectivity index is 1.84. The maximum atomic E-state index is 13.3. The minimum absolute atomic E-state index is 0.00570. The van der Waals surface area contributed by atoms with E-state index < -0.39 is 15.7 Å². The van der Waals surface area contributed by atoms with Gasteiger partial charge in [0.1, 0.15) is 11.6 Å². The van der Waals surface area contributed by atoms with Crippen LogP contribution < -0.4 is 10.2 Å². The second-order valence-corrected chi connectivity index (χ2v) is 8.75. The zero-order valence-corrected chi connectivity index (χ0v) is 15.4. The van der Waals surface area contributed by atoms with Crippen LogP contribution in [0.5, 0.6) is 0 Å². The zero-order chi connectivity index (χ0) is 18.2. The quantitative estimate of drug-likeness (QED) is 0.873.